The Morgan fingerprint density at radius 3 is 2.39 bits per heavy atom. The lowest BCUT2D eigenvalue weighted by molar-refractivity contribution is -0.139. The van der Waals surface area contributed by atoms with Gasteiger partial charge in [0.1, 0.15) is 11.8 Å². The van der Waals surface area contributed by atoms with E-state index in [4.69, 9.17) is 27.9 Å². The van der Waals surface area contributed by atoms with Crippen molar-refractivity contribution < 1.29 is 14.3 Å². The highest BCUT2D eigenvalue weighted by Gasteiger charge is 2.28. The SMILES string of the molecule is CC[C@H](C(=O)NCC(C)C)N(Cc1ccc(OC)cc1)C(=O)CSCc1ccc(Cl)cc1Cl. The van der Waals surface area contributed by atoms with E-state index in [-0.39, 0.29) is 17.6 Å². The smallest absolute Gasteiger partial charge is 0.242 e. The highest BCUT2D eigenvalue weighted by molar-refractivity contribution is 7.99. The van der Waals surface area contributed by atoms with Gasteiger partial charge in [0.15, 0.2) is 0 Å². The minimum atomic E-state index is -0.543. The molecule has 0 fully saturated rings. The summed E-state index contributed by atoms with van der Waals surface area (Å²) < 4.78 is 5.23. The summed E-state index contributed by atoms with van der Waals surface area (Å²) in [6, 6.07) is 12.3. The van der Waals surface area contributed by atoms with E-state index < -0.39 is 6.04 Å². The normalized spacial score (nSPS) is 11.8. The van der Waals surface area contributed by atoms with Crippen LogP contribution in [0.1, 0.15) is 38.3 Å². The van der Waals surface area contributed by atoms with Gasteiger partial charge in [-0.25, -0.2) is 0 Å². The number of nitrogens with one attached hydrogen (secondary N) is 1. The van der Waals surface area contributed by atoms with Gasteiger partial charge in [0.2, 0.25) is 11.8 Å². The van der Waals surface area contributed by atoms with E-state index in [0.717, 1.165) is 16.9 Å². The number of hydrogen-bond acceptors (Lipinski definition) is 4. The molecule has 33 heavy (non-hydrogen) atoms. The summed E-state index contributed by atoms with van der Waals surface area (Å²) in [6.45, 7) is 6.93. The van der Waals surface area contributed by atoms with Gasteiger partial charge in [0.25, 0.3) is 0 Å². The molecule has 2 aromatic carbocycles. The molecule has 8 heteroatoms. The lowest BCUT2D eigenvalue weighted by Gasteiger charge is -2.31. The van der Waals surface area contributed by atoms with E-state index in [1.807, 2.05) is 51.1 Å². The second kappa shape index (κ2) is 13.7. The van der Waals surface area contributed by atoms with Gasteiger partial charge in [-0.1, -0.05) is 62.2 Å². The van der Waals surface area contributed by atoms with Crippen LogP contribution in [0.5, 0.6) is 5.75 Å². The van der Waals surface area contributed by atoms with E-state index >= 15 is 0 Å². The van der Waals surface area contributed by atoms with Crippen LogP contribution >= 0.6 is 35.0 Å². The van der Waals surface area contributed by atoms with Crippen molar-refractivity contribution in [1.29, 1.82) is 0 Å². The Balaban J connectivity index is 2.14. The highest BCUT2D eigenvalue weighted by atomic mass is 35.5. The van der Waals surface area contributed by atoms with Crippen molar-refractivity contribution >= 4 is 46.8 Å². The maximum absolute atomic E-state index is 13.3. The predicted octanol–water partition coefficient (Wildman–Crippen LogP) is 5.81. The molecule has 0 aliphatic carbocycles. The van der Waals surface area contributed by atoms with Crippen LogP contribution in [0.4, 0.5) is 0 Å². The first-order valence-corrected chi connectivity index (χ1v) is 12.9. The fourth-order valence-electron chi connectivity index (χ4n) is 3.24. The van der Waals surface area contributed by atoms with Gasteiger partial charge in [-0.15, -0.1) is 11.8 Å². The Labute approximate surface area is 211 Å². The number of hydrogen-bond donors (Lipinski definition) is 1. The molecule has 0 aromatic heterocycles. The number of methoxy groups -OCH3 is 1. The number of carbonyl (C=O) groups excluding carboxylic acids is 2. The number of halogens is 2. The number of nitrogens with zero attached hydrogens (tertiary/aromatic N) is 1. The third kappa shape index (κ3) is 8.76. The Bertz CT molecular complexity index is 922. The zero-order valence-corrected chi connectivity index (χ0v) is 21.9. The molecule has 0 aliphatic heterocycles. The maximum Gasteiger partial charge on any atom is 0.242 e. The monoisotopic (exact) mass is 510 g/mol. The fourth-order valence-corrected chi connectivity index (χ4v) is 4.71. The summed E-state index contributed by atoms with van der Waals surface area (Å²) >= 11 is 13.7. The van der Waals surface area contributed by atoms with Gasteiger partial charge < -0.3 is 15.0 Å². The molecular weight excluding hydrogens is 479 g/mol. The van der Waals surface area contributed by atoms with E-state index in [1.165, 1.54) is 11.8 Å². The first kappa shape index (κ1) is 27.4. The van der Waals surface area contributed by atoms with Crippen LogP contribution in [0.25, 0.3) is 0 Å². The Kier molecular flexibility index (Phi) is 11.4. The second-order valence-corrected chi connectivity index (χ2v) is 9.99. The Hall–Kier alpha value is -1.89. The van der Waals surface area contributed by atoms with E-state index in [0.29, 0.717) is 41.2 Å². The number of benzene rings is 2. The molecule has 1 N–H and O–H groups in total. The third-order valence-corrected chi connectivity index (χ3v) is 6.63. The summed E-state index contributed by atoms with van der Waals surface area (Å²) in [5, 5.41) is 4.14. The molecule has 2 amide bonds. The molecule has 1 atom stereocenters. The van der Waals surface area contributed by atoms with Gasteiger partial charge in [-0.3, -0.25) is 9.59 Å². The lowest BCUT2D eigenvalue weighted by Crippen LogP contribution is -2.50. The minimum absolute atomic E-state index is 0.0903. The van der Waals surface area contributed by atoms with Crippen molar-refractivity contribution in [3.8, 4) is 5.75 Å². The van der Waals surface area contributed by atoms with Crippen LogP contribution in [0.2, 0.25) is 10.0 Å². The Morgan fingerprint density at radius 1 is 1.12 bits per heavy atom. The molecule has 5 nitrogen and oxygen atoms in total. The fraction of sp³-hybridized carbons (Fsp3) is 0.440. The summed E-state index contributed by atoms with van der Waals surface area (Å²) in [5.74, 6) is 1.68. The standard InChI is InChI=1S/C25H32Cl2N2O3S/c1-5-23(25(31)28-13-17(2)3)29(14-18-6-10-21(32-4)11-7-18)24(30)16-33-15-19-8-9-20(26)12-22(19)27/h6-12,17,23H,5,13-16H2,1-4H3,(H,28,31)/t23-/m1/s1. The van der Waals surface area contributed by atoms with Crippen LogP contribution in [-0.2, 0) is 21.9 Å². The van der Waals surface area contributed by atoms with Crippen LogP contribution in [0.3, 0.4) is 0 Å². The number of rotatable bonds is 12. The molecule has 180 valence electrons. The van der Waals surface area contributed by atoms with Crippen LogP contribution < -0.4 is 10.1 Å². The number of ether oxygens (including phenoxy) is 1. The molecule has 0 unspecified atom stereocenters. The molecule has 0 heterocycles. The van der Waals surface area contributed by atoms with Crippen molar-refractivity contribution in [3.05, 3.63) is 63.6 Å². The summed E-state index contributed by atoms with van der Waals surface area (Å²) in [6.07, 6.45) is 0.527. The van der Waals surface area contributed by atoms with Crippen molar-refractivity contribution in [2.75, 3.05) is 19.4 Å². The number of amides is 2. The second-order valence-electron chi connectivity index (χ2n) is 8.16. The van der Waals surface area contributed by atoms with Crippen molar-refractivity contribution in [2.45, 2.75) is 45.5 Å². The van der Waals surface area contributed by atoms with Crippen molar-refractivity contribution in [2.24, 2.45) is 5.92 Å². The lowest BCUT2D eigenvalue weighted by atomic mass is 10.1. The number of thioether (sulfide) groups is 1. The van der Waals surface area contributed by atoms with Crippen molar-refractivity contribution in [1.82, 2.24) is 10.2 Å². The topological polar surface area (TPSA) is 58.6 Å². The molecule has 2 rings (SSSR count). The van der Waals surface area contributed by atoms with Gasteiger partial charge in [-0.05, 0) is 47.7 Å². The van der Waals surface area contributed by atoms with Crippen molar-refractivity contribution in [3.63, 3.8) is 0 Å². The van der Waals surface area contributed by atoms with Gasteiger partial charge >= 0.3 is 0 Å². The average Bonchev–Trinajstić information content (AvgIpc) is 2.79. The van der Waals surface area contributed by atoms with E-state index in [1.54, 1.807) is 24.1 Å². The highest BCUT2D eigenvalue weighted by Crippen LogP contribution is 2.25. The molecule has 0 saturated carbocycles. The van der Waals surface area contributed by atoms with E-state index in [9.17, 15) is 9.59 Å². The third-order valence-electron chi connectivity index (χ3n) is 5.08. The largest absolute Gasteiger partial charge is 0.497 e. The molecule has 0 saturated heterocycles. The molecule has 0 aliphatic rings. The quantitative estimate of drug-likeness (QED) is 0.391. The minimum Gasteiger partial charge on any atom is -0.497 e. The molecular formula is C25H32Cl2N2O3S. The molecule has 0 bridgehead atoms. The van der Waals surface area contributed by atoms with E-state index in [2.05, 4.69) is 5.32 Å². The van der Waals surface area contributed by atoms with Gasteiger partial charge in [0, 0.05) is 28.9 Å². The predicted molar refractivity (Wildman–Crippen MR) is 138 cm³/mol. The first-order chi connectivity index (χ1) is 15.7. The molecule has 0 radical (unpaired) electrons. The summed E-state index contributed by atoms with van der Waals surface area (Å²) in [4.78, 5) is 27.9. The van der Waals surface area contributed by atoms with Gasteiger partial charge in [0.05, 0.1) is 12.9 Å². The van der Waals surface area contributed by atoms with Crippen LogP contribution in [0.15, 0.2) is 42.5 Å². The first-order valence-electron chi connectivity index (χ1n) is 11.0. The average molecular weight is 512 g/mol. The zero-order valence-electron chi connectivity index (χ0n) is 19.6. The number of carbonyl (C=O) groups is 2. The van der Waals surface area contributed by atoms with Crippen LogP contribution in [0, 0.1) is 5.92 Å². The maximum atomic E-state index is 13.3. The summed E-state index contributed by atoms with van der Waals surface area (Å²) in [5.41, 5.74) is 1.85. The Morgan fingerprint density at radius 2 is 1.82 bits per heavy atom. The van der Waals surface area contributed by atoms with Gasteiger partial charge in [-0.2, -0.15) is 0 Å². The zero-order chi connectivity index (χ0) is 24.4. The summed E-state index contributed by atoms with van der Waals surface area (Å²) in [7, 11) is 1.61. The molecule has 2 aromatic rings. The molecule has 0 spiro atoms. The van der Waals surface area contributed by atoms with Crippen LogP contribution in [-0.4, -0.2) is 42.2 Å².